The molecule has 0 aromatic carbocycles. The summed E-state index contributed by atoms with van der Waals surface area (Å²) in [6.07, 6.45) is 3.90. The van der Waals surface area contributed by atoms with Gasteiger partial charge in [-0.1, -0.05) is 0 Å². The number of hydrogen-bond acceptors (Lipinski definition) is 3. The summed E-state index contributed by atoms with van der Waals surface area (Å²) in [7, 11) is 0. The topological polar surface area (TPSA) is 50.4 Å². The molecular formula is C11H20N2O2. The van der Waals surface area contributed by atoms with Crippen molar-refractivity contribution in [3.05, 3.63) is 0 Å². The third-order valence-corrected chi connectivity index (χ3v) is 3.28. The number of carbonyl (C=O) groups excluding carboxylic acids is 1. The molecule has 2 rings (SSSR count). The predicted octanol–water partition coefficient (Wildman–Crippen LogP) is 0.281. The molecule has 2 N–H and O–H groups in total. The van der Waals surface area contributed by atoms with Crippen LogP contribution in [0.25, 0.3) is 0 Å². The minimum Gasteiger partial charge on any atom is -0.381 e. The van der Waals surface area contributed by atoms with Crippen molar-refractivity contribution < 1.29 is 9.53 Å². The van der Waals surface area contributed by atoms with E-state index in [1.165, 1.54) is 0 Å². The number of piperidine rings is 1. The maximum Gasteiger partial charge on any atom is 0.223 e. The van der Waals surface area contributed by atoms with E-state index in [2.05, 4.69) is 10.6 Å². The van der Waals surface area contributed by atoms with Crippen LogP contribution in [-0.4, -0.2) is 38.3 Å². The van der Waals surface area contributed by atoms with Crippen molar-refractivity contribution in [3.8, 4) is 0 Å². The highest BCUT2D eigenvalue weighted by Crippen LogP contribution is 2.13. The van der Waals surface area contributed by atoms with Crippen molar-refractivity contribution in [3.63, 3.8) is 0 Å². The first-order valence-electron chi connectivity index (χ1n) is 5.95. The van der Waals surface area contributed by atoms with Gasteiger partial charge in [0.15, 0.2) is 0 Å². The Bertz CT molecular complexity index is 209. The first-order valence-corrected chi connectivity index (χ1v) is 5.95. The number of rotatable bonds is 2. The van der Waals surface area contributed by atoms with E-state index < -0.39 is 0 Å². The Kier molecular flexibility index (Phi) is 3.97. The van der Waals surface area contributed by atoms with E-state index in [-0.39, 0.29) is 11.8 Å². The Balaban J connectivity index is 1.74. The molecule has 0 aromatic rings. The van der Waals surface area contributed by atoms with Gasteiger partial charge in [-0.2, -0.15) is 0 Å². The van der Waals surface area contributed by atoms with E-state index in [0.29, 0.717) is 6.04 Å². The molecule has 2 aliphatic heterocycles. The van der Waals surface area contributed by atoms with Crippen LogP contribution < -0.4 is 10.6 Å². The minimum atomic E-state index is 0.231. The highest BCUT2D eigenvalue weighted by Gasteiger charge is 2.23. The first kappa shape index (κ1) is 10.9. The standard InChI is InChI=1S/C11H20N2O2/c14-11(9-1-5-12-6-2-9)13-10-3-7-15-8-4-10/h9-10,12H,1-8H2,(H,13,14). The number of carbonyl (C=O) groups is 1. The summed E-state index contributed by atoms with van der Waals surface area (Å²) >= 11 is 0. The van der Waals surface area contributed by atoms with Crippen LogP contribution in [0.3, 0.4) is 0 Å². The lowest BCUT2D eigenvalue weighted by Crippen LogP contribution is -2.44. The largest absolute Gasteiger partial charge is 0.381 e. The number of hydrogen-bond donors (Lipinski definition) is 2. The predicted molar refractivity (Wildman–Crippen MR) is 57.6 cm³/mol. The van der Waals surface area contributed by atoms with Crippen molar-refractivity contribution in [2.75, 3.05) is 26.3 Å². The van der Waals surface area contributed by atoms with Crippen LogP contribution in [0.2, 0.25) is 0 Å². The number of ether oxygens (including phenoxy) is 1. The smallest absolute Gasteiger partial charge is 0.223 e. The molecule has 2 saturated heterocycles. The zero-order chi connectivity index (χ0) is 10.5. The fourth-order valence-electron chi connectivity index (χ4n) is 2.25. The van der Waals surface area contributed by atoms with Gasteiger partial charge in [-0.3, -0.25) is 4.79 Å². The van der Waals surface area contributed by atoms with E-state index in [1.54, 1.807) is 0 Å². The molecule has 86 valence electrons. The van der Waals surface area contributed by atoms with Crippen LogP contribution in [0.5, 0.6) is 0 Å². The minimum absolute atomic E-state index is 0.231. The Hall–Kier alpha value is -0.610. The van der Waals surface area contributed by atoms with Gasteiger partial charge in [-0.15, -0.1) is 0 Å². The van der Waals surface area contributed by atoms with Gasteiger partial charge in [0.2, 0.25) is 5.91 Å². The first-order chi connectivity index (χ1) is 7.36. The van der Waals surface area contributed by atoms with E-state index >= 15 is 0 Å². The second kappa shape index (κ2) is 5.47. The van der Waals surface area contributed by atoms with Gasteiger partial charge in [0.25, 0.3) is 0 Å². The molecule has 0 atom stereocenters. The van der Waals surface area contributed by atoms with Crippen molar-refractivity contribution in [2.45, 2.75) is 31.7 Å². The van der Waals surface area contributed by atoms with Crippen molar-refractivity contribution in [2.24, 2.45) is 5.92 Å². The van der Waals surface area contributed by atoms with Crippen molar-refractivity contribution in [1.82, 2.24) is 10.6 Å². The molecule has 0 bridgehead atoms. The van der Waals surface area contributed by atoms with E-state index in [4.69, 9.17) is 4.74 Å². The SMILES string of the molecule is O=C(NC1CCOCC1)C1CCNCC1. The normalized spacial score (nSPS) is 25.1. The summed E-state index contributed by atoms with van der Waals surface area (Å²) in [4.78, 5) is 11.9. The second-order valence-corrected chi connectivity index (χ2v) is 4.42. The van der Waals surface area contributed by atoms with Gasteiger partial charge in [0.05, 0.1) is 0 Å². The molecule has 0 unspecified atom stereocenters. The van der Waals surface area contributed by atoms with Gasteiger partial charge < -0.3 is 15.4 Å². The van der Waals surface area contributed by atoms with E-state index in [0.717, 1.165) is 52.0 Å². The van der Waals surface area contributed by atoms with Crippen molar-refractivity contribution in [1.29, 1.82) is 0 Å². The zero-order valence-corrected chi connectivity index (χ0v) is 9.13. The molecule has 1 amide bonds. The maximum atomic E-state index is 11.9. The van der Waals surface area contributed by atoms with Crippen LogP contribution in [0.15, 0.2) is 0 Å². The summed E-state index contributed by atoms with van der Waals surface area (Å²) in [6.45, 7) is 3.53. The van der Waals surface area contributed by atoms with Gasteiger partial charge >= 0.3 is 0 Å². The van der Waals surface area contributed by atoms with Crippen LogP contribution in [0, 0.1) is 5.92 Å². The van der Waals surface area contributed by atoms with Crippen molar-refractivity contribution >= 4 is 5.91 Å². The fourth-order valence-corrected chi connectivity index (χ4v) is 2.25. The molecule has 2 aliphatic rings. The molecule has 4 nitrogen and oxygen atoms in total. The highest BCUT2D eigenvalue weighted by molar-refractivity contribution is 5.79. The monoisotopic (exact) mass is 212 g/mol. The molecule has 0 aliphatic carbocycles. The summed E-state index contributed by atoms with van der Waals surface area (Å²) < 4.78 is 5.27. The lowest BCUT2D eigenvalue weighted by molar-refractivity contribution is -0.127. The molecule has 0 radical (unpaired) electrons. The fraction of sp³-hybridized carbons (Fsp3) is 0.909. The van der Waals surface area contributed by atoms with Crippen LogP contribution in [-0.2, 0) is 9.53 Å². The molecule has 2 fully saturated rings. The third kappa shape index (κ3) is 3.18. The Morgan fingerprint density at radius 3 is 2.47 bits per heavy atom. The summed E-state index contributed by atoms with van der Waals surface area (Å²) in [5, 5.41) is 6.42. The van der Waals surface area contributed by atoms with E-state index in [1.807, 2.05) is 0 Å². The van der Waals surface area contributed by atoms with Crippen LogP contribution in [0.1, 0.15) is 25.7 Å². The quantitative estimate of drug-likeness (QED) is 0.691. The summed E-state index contributed by atoms with van der Waals surface area (Å²) in [5.41, 5.74) is 0. The molecule has 0 saturated carbocycles. The highest BCUT2D eigenvalue weighted by atomic mass is 16.5. The van der Waals surface area contributed by atoms with Gasteiger partial charge in [-0.05, 0) is 38.8 Å². The van der Waals surface area contributed by atoms with Gasteiger partial charge in [-0.25, -0.2) is 0 Å². The Morgan fingerprint density at radius 1 is 1.13 bits per heavy atom. The molecule has 2 heterocycles. The Labute approximate surface area is 90.8 Å². The Morgan fingerprint density at radius 2 is 1.80 bits per heavy atom. The number of amides is 1. The lowest BCUT2D eigenvalue weighted by Gasteiger charge is -2.27. The summed E-state index contributed by atoms with van der Waals surface area (Å²) in [5.74, 6) is 0.484. The molecule has 0 spiro atoms. The molecule has 15 heavy (non-hydrogen) atoms. The van der Waals surface area contributed by atoms with Gasteiger partial charge in [0.1, 0.15) is 0 Å². The average Bonchev–Trinajstić information content (AvgIpc) is 2.31. The number of nitrogens with one attached hydrogen (secondary N) is 2. The second-order valence-electron chi connectivity index (χ2n) is 4.42. The molecule has 0 aromatic heterocycles. The lowest BCUT2D eigenvalue weighted by atomic mass is 9.96. The van der Waals surface area contributed by atoms with Crippen LogP contribution >= 0.6 is 0 Å². The summed E-state index contributed by atoms with van der Waals surface area (Å²) in [6, 6.07) is 0.348. The zero-order valence-electron chi connectivity index (χ0n) is 9.13. The van der Waals surface area contributed by atoms with Gasteiger partial charge in [0, 0.05) is 25.2 Å². The third-order valence-electron chi connectivity index (χ3n) is 3.28. The van der Waals surface area contributed by atoms with Crippen LogP contribution in [0.4, 0.5) is 0 Å². The maximum absolute atomic E-state index is 11.9. The molecule has 4 heteroatoms. The molecular weight excluding hydrogens is 192 g/mol. The average molecular weight is 212 g/mol. The van der Waals surface area contributed by atoms with E-state index in [9.17, 15) is 4.79 Å².